The summed E-state index contributed by atoms with van der Waals surface area (Å²) in [6.45, 7) is 1.21. The number of carbonyl (C=O) groups is 2. The Hall–Kier alpha value is -2.09. The van der Waals surface area contributed by atoms with Crippen LogP contribution < -0.4 is 0 Å². The fourth-order valence-electron chi connectivity index (χ4n) is 1.78. The van der Waals surface area contributed by atoms with E-state index >= 15 is 0 Å². The van der Waals surface area contributed by atoms with Crippen molar-refractivity contribution < 1.29 is 32.7 Å². The van der Waals surface area contributed by atoms with E-state index in [1.165, 1.54) is 31.2 Å². The van der Waals surface area contributed by atoms with Crippen LogP contribution in [0, 0.1) is 5.92 Å². The van der Waals surface area contributed by atoms with Crippen LogP contribution in [0.2, 0.25) is 5.02 Å². The van der Waals surface area contributed by atoms with Crippen LogP contribution in [-0.2, 0) is 14.3 Å². The molecule has 0 aliphatic carbocycles. The summed E-state index contributed by atoms with van der Waals surface area (Å²) in [5, 5.41) is 12.2. The van der Waals surface area contributed by atoms with Crippen LogP contribution in [-0.4, -0.2) is 35.5 Å². The summed E-state index contributed by atoms with van der Waals surface area (Å²) in [6, 6.07) is 5.62. The molecular formula is C14H13ClF3NO4. The molecule has 1 N–H and O–H groups in total. The average Bonchev–Trinajstić information content (AvgIpc) is 2.48. The normalized spacial score (nSPS) is 13.5. The molecule has 0 bridgehead atoms. The van der Waals surface area contributed by atoms with E-state index in [-0.39, 0.29) is 17.9 Å². The minimum Gasteiger partial charge on any atom is -0.465 e. The molecule has 0 aromatic heterocycles. The Labute approximate surface area is 134 Å². The third-order valence-electron chi connectivity index (χ3n) is 2.86. The Morgan fingerprint density at radius 2 is 1.87 bits per heavy atom. The fourth-order valence-corrected chi connectivity index (χ4v) is 1.90. The first kappa shape index (κ1) is 19.0. The third-order valence-corrected chi connectivity index (χ3v) is 3.11. The van der Waals surface area contributed by atoms with Gasteiger partial charge in [-0.3, -0.25) is 9.59 Å². The Morgan fingerprint density at radius 1 is 1.30 bits per heavy atom. The van der Waals surface area contributed by atoms with Crippen LogP contribution in [0.15, 0.2) is 29.4 Å². The highest BCUT2D eigenvalue weighted by Crippen LogP contribution is 2.25. The van der Waals surface area contributed by atoms with Gasteiger partial charge in [-0.2, -0.15) is 13.2 Å². The number of hydrogen-bond acceptors (Lipinski definition) is 5. The number of benzene rings is 1. The van der Waals surface area contributed by atoms with Gasteiger partial charge in [-0.25, -0.2) is 0 Å². The molecule has 1 rings (SSSR count). The lowest BCUT2D eigenvalue weighted by molar-refractivity contribution is -0.180. The minimum absolute atomic E-state index is 0.187. The highest BCUT2D eigenvalue weighted by Gasteiger charge is 2.47. The molecule has 5 nitrogen and oxygen atoms in total. The van der Waals surface area contributed by atoms with Gasteiger partial charge in [0.15, 0.2) is 0 Å². The second-order valence-electron chi connectivity index (χ2n) is 4.42. The van der Waals surface area contributed by atoms with Crippen LogP contribution >= 0.6 is 11.6 Å². The van der Waals surface area contributed by atoms with E-state index in [0.29, 0.717) is 5.02 Å². The van der Waals surface area contributed by atoms with Gasteiger partial charge in [0.2, 0.25) is 0 Å². The van der Waals surface area contributed by atoms with E-state index in [1.807, 2.05) is 0 Å². The molecule has 1 aromatic rings. The summed E-state index contributed by atoms with van der Waals surface area (Å²) >= 11 is 5.69. The predicted molar refractivity (Wildman–Crippen MR) is 75.6 cm³/mol. The summed E-state index contributed by atoms with van der Waals surface area (Å²) in [5.41, 5.74) is -0.0431. The van der Waals surface area contributed by atoms with Crippen LogP contribution in [0.4, 0.5) is 13.2 Å². The second kappa shape index (κ2) is 7.96. The molecule has 126 valence electrons. The maximum absolute atomic E-state index is 12.6. The standard InChI is InChI=1S/C14H13ClF3NO4/c1-2-23-13(21)10(12(20)14(16,17)18)7-11(19-22)8-3-5-9(15)6-4-8/h3-6,10,22H,2,7H2,1H3/b19-11-. The van der Waals surface area contributed by atoms with Gasteiger partial charge >= 0.3 is 12.1 Å². The molecule has 0 fully saturated rings. The summed E-state index contributed by atoms with van der Waals surface area (Å²) in [5.74, 6) is -5.73. The van der Waals surface area contributed by atoms with Gasteiger partial charge in [-0.05, 0) is 24.6 Å². The first-order valence-corrected chi connectivity index (χ1v) is 6.83. The molecule has 0 heterocycles. The first-order valence-electron chi connectivity index (χ1n) is 6.45. The fraction of sp³-hybridized carbons (Fsp3) is 0.357. The molecule has 1 unspecified atom stereocenters. The number of ether oxygens (including phenoxy) is 1. The molecular weight excluding hydrogens is 339 g/mol. The molecule has 9 heteroatoms. The first-order chi connectivity index (χ1) is 10.7. The number of oxime groups is 1. The van der Waals surface area contributed by atoms with Crippen molar-refractivity contribution in [3.63, 3.8) is 0 Å². The van der Waals surface area contributed by atoms with Crippen LogP contribution in [0.25, 0.3) is 0 Å². The van der Waals surface area contributed by atoms with E-state index in [4.69, 9.17) is 16.8 Å². The number of carbonyl (C=O) groups excluding carboxylic acids is 2. The number of nitrogens with zero attached hydrogens (tertiary/aromatic N) is 1. The summed E-state index contributed by atoms with van der Waals surface area (Å²) < 4.78 is 42.4. The second-order valence-corrected chi connectivity index (χ2v) is 4.86. The lowest BCUT2D eigenvalue weighted by atomic mass is 9.93. The smallest absolute Gasteiger partial charge is 0.450 e. The van der Waals surface area contributed by atoms with Crippen LogP contribution in [0.5, 0.6) is 0 Å². The minimum atomic E-state index is -5.21. The molecule has 0 saturated carbocycles. The largest absolute Gasteiger partial charge is 0.465 e. The Morgan fingerprint density at radius 3 is 2.30 bits per heavy atom. The molecule has 0 aliphatic heterocycles. The number of alkyl halides is 3. The van der Waals surface area contributed by atoms with Crippen molar-refractivity contribution in [2.75, 3.05) is 6.61 Å². The maximum Gasteiger partial charge on any atom is 0.450 e. The highest BCUT2D eigenvalue weighted by molar-refractivity contribution is 6.30. The Bertz CT molecular complexity index is 599. The lowest BCUT2D eigenvalue weighted by Gasteiger charge is -2.16. The number of ketones is 1. The van der Waals surface area contributed by atoms with Gasteiger partial charge in [0.25, 0.3) is 5.78 Å². The van der Waals surface area contributed by atoms with Crippen molar-refractivity contribution in [3.05, 3.63) is 34.9 Å². The van der Waals surface area contributed by atoms with E-state index in [0.717, 1.165) is 0 Å². The summed E-state index contributed by atoms with van der Waals surface area (Å²) in [4.78, 5) is 23.1. The zero-order chi connectivity index (χ0) is 17.6. The van der Waals surface area contributed by atoms with Gasteiger partial charge < -0.3 is 9.94 Å². The van der Waals surface area contributed by atoms with Gasteiger partial charge in [-0.1, -0.05) is 28.9 Å². The third kappa shape index (κ3) is 5.24. The van der Waals surface area contributed by atoms with Crippen molar-refractivity contribution >= 4 is 29.1 Å². The molecule has 0 saturated heterocycles. The maximum atomic E-state index is 12.6. The number of hydrogen-bond donors (Lipinski definition) is 1. The molecule has 1 aromatic carbocycles. The molecule has 1 atom stereocenters. The highest BCUT2D eigenvalue weighted by atomic mass is 35.5. The topological polar surface area (TPSA) is 76.0 Å². The zero-order valence-corrected chi connectivity index (χ0v) is 12.7. The molecule has 0 spiro atoms. The number of esters is 1. The van der Waals surface area contributed by atoms with Crippen LogP contribution in [0.1, 0.15) is 18.9 Å². The van der Waals surface area contributed by atoms with E-state index in [2.05, 4.69) is 9.89 Å². The molecule has 0 radical (unpaired) electrons. The number of halogens is 4. The van der Waals surface area contributed by atoms with Crippen molar-refractivity contribution in [3.8, 4) is 0 Å². The number of rotatable bonds is 6. The van der Waals surface area contributed by atoms with E-state index in [1.54, 1.807) is 0 Å². The molecule has 0 aliphatic rings. The zero-order valence-electron chi connectivity index (χ0n) is 11.9. The lowest BCUT2D eigenvalue weighted by Crippen LogP contribution is -2.37. The van der Waals surface area contributed by atoms with Crippen LogP contribution in [0.3, 0.4) is 0 Å². The monoisotopic (exact) mass is 351 g/mol. The quantitative estimate of drug-likeness (QED) is 0.281. The van der Waals surface area contributed by atoms with E-state index < -0.39 is 30.3 Å². The predicted octanol–water partition coefficient (Wildman–Crippen LogP) is 3.22. The Balaban J connectivity index is 3.09. The van der Waals surface area contributed by atoms with Gasteiger partial charge in [0, 0.05) is 11.4 Å². The van der Waals surface area contributed by atoms with Gasteiger partial charge in [-0.15, -0.1) is 0 Å². The Kier molecular flexibility index (Phi) is 6.56. The van der Waals surface area contributed by atoms with E-state index in [9.17, 15) is 22.8 Å². The summed E-state index contributed by atoms with van der Waals surface area (Å²) in [6.07, 6.45) is -5.96. The molecule has 23 heavy (non-hydrogen) atoms. The van der Waals surface area contributed by atoms with Crippen molar-refractivity contribution in [2.45, 2.75) is 19.5 Å². The van der Waals surface area contributed by atoms with Gasteiger partial charge in [0.05, 0.1) is 12.3 Å². The SMILES string of the molecule is CCOC(=O)C(C/C(=N/O)c1ccc(Cl)cc1)C(=O)C(F)(F)F. The van der Waals surface area contributed by atoms with Crippen molar-refractivity contribution in [1.82, 2.24) is 0 Å². The van der Waals surface area contributed by atoms with Gasteiger partial charge in [0.1, 0.15) is 5.92 Å². The average molecular weight is 352 g/mol. The molecule has 0 amide bonds. The van der Waals surface area contributed by atoms with Crippen molar-refractivity contribution in [1.29, 1.82) is 0 Å². The summed E-state index contributed by atoms with van der Waals surface area (Å²) in [7, 11) is 0. The number of Topliss-reactive ketones (excluding diaryl/α,β-unsaturated/α-hetero) is 1. The van der Waals surface area contributed by atoms with Crippen molar-refractivity contribution in [2.24, 2.45) is 11.1 Å².